The summed E-state index contributed by atoms with van der Waals surface area (Å²) in [5.74, 6) is 1.30. The van der Waals surface area contributed by atoms with Crippen molar-refractivity contribution in [2.24, 2.45) is 5.92 Å². The maximum absolute atomic E-state index is 13.2. The number of methoxy groups -OCH3 is 1. The van der Waals surface area contributed by atoms with Crippen molar-refractivity contribution >= 4 is 28.8 Å². The first-order chi connectivity index (χ1) is 17.1. The predicted molar refractivity (Wildman–Crippen MR) is 130 cm³/mol. The maximum atomic E-state index is 13.2. The summed E-state index contributed by atoms with van der Waals surface area (Å²) in [7, 11) is 3.48. The minimum absolute atomic E-state index is 0.000540. The summed E-state index contributed by atoms with van der Waals surface area (Å²) in [6.07, 6.45) is 10.6. The van der Waals surface area contributed by atoms with E-state index in [-0.39, 0.29) is 35.1 Å². The minimum atomic E-state index is -0.350. The third-order valence-electron chi connectivity index (χ3n) is 6.41. The van der Waals surface area contributed by atoms with Gasteiger partial charge in [0.2, 0.25) is 0 Å². The van der Waals surface area contributed by atoms with Gasteiger partial charge in [0.1, 0.15) is 23.6 Å². The average molecular weight is 478 g/mol. The Labute approximate surface area is 201 Å². The van der Waals surface area contributed by atoms with Gasteiger partial charge in [-0.05, 0) is 37.3 Å². The molecule has 0 saturated heterocycles. The normalized spacial score (nSPS) is 18.0. The molecule has 2 N–H and O–H groups in total. The number of pyridine rings is 1. The van der Waals surface area contributed by atoms with Crippen LogP contribution in [0.3, 0.4) is 0 Å². The Balaban J connectivity index is 1.45. The Morgan fingerprint density at radius 1 is 1.34 bits per heavy atom. The molecule has 2 atom stereocenters. The zero-order valence-electron chi connectivity index (χ0n) is 19.6. The molecule has 1 saturated carbocycles. The Hall–Kier alpha value is -3.99. The van der Waals surface area contributed by atoms with Crippen molar-refractivity contribution in [2.45, 2.75) is 38.2 Å². The quantitative estimate of drug-likeness (QED) is 0.367. The summed E-state index contributed by atoms with van der Waals surface area (Å²) in [5, 5.41) is 10.5. The van der Waals surface area contributed by atoms with Crippen LogP contribution in [0, 0.1) is 5.92 Å². The third kappa shape index (κ3) is 4.54. The molecule has 0 spiro atoms. The van der Waals surface area contributed by atoms with Crippen LogP contribution in [-0.2, 0) is 4.74 Å². The van der Waals surface area contributed by atoms with E-state index in [2.05, 4.69) is 25.7 Å². The number of ether oxygens (including phenoxy) is 1. The van der Waals surface area contributed by atoms with Gasteiger partial charge in [-0.2, -0.15) is 9.61 Å². The van der Waals surface area contributed by atoms with Crippen LogP contribution in [0.4, 0.5) is 17.3 Å². The first kappa shape index (κ1) is 22.8. The monoisotopic (exact) mass is 477 g/mol. The van der Waals surface area contributed by atoms with Crippen LogP contribution in [0.5, 0.6) is 0 Å². The van der Waals surface area contributed by atoms with Crippen LogP contribution in [0.25, 0.3) is 11.7 Å². The van der Waals surface area contributed by atoms with Gasteiger partial charge in [0.15, 0.2) is 11.4 Å². The Bertz CT molecular complexity index is 1390. The molecule has 0 bridgehead atoms. The van der Waals surface area contributed by atoms with E-state index < -0.39 is 0 Å². The number of anilines is 3. The van der Waals surface area contributed by atoms with E-state index in [9.17, 15) is 9.59 Å². The maximum Gasteiger partial charge on any atom is 0.308 e. The number of hydrogen-bond donors (Lipinski definition) is 2. The Kier molecular flexibility index (Phi) is 6.32. The van der Waals surface area contributed by atoms with Crippen LogP contribution < -0.4 is 16.2 Å². The summed E-state index contributed by atoms with van der Waals surface area (Å²) in [6.45, 7) is 0. The summed E-state index contributed by atoms with van der Waals surface area (Å²) in [5.41, 5.74) is 0.810. The van der Waals surface area contributed by atoms with Crippen LogP contribution in [0.15, 0.2) is 52.3 Å². The molecular formula is C24H27N7O4. The Morgan fingerprint density at radius 3 is 3.00 bits per heavy atom. The number of rotatable bonds is 8. The second-order valence-electron chi connectivity index (χ2n) is 8.62. The van der Waals surface area contributed by atoms with Gasteiger partial charge in [0, 0.05) is 32.8 Å². The van der Waals surface area contributed by atoms with E-state index >= 15 is 0 Å². The molecule has 5 rings (SSSR count). The average Bonchev–Trinajstić information content (AvgIpc) is 3.55. The van der Waals surface area contributed by atoms with Gasteiger partial charge in [0.05, 0.1) is 24.1 Å². The highest BCUT2D eigenvalue weighted by Crippen LogP contribution is 2.30. The highest BCUT2D eigenvalue weighted by atomic mass is 16.5. The van der Waals surface area contributed by atoms with E-state index in [1.54, 1.807) is 49.3 Å². The molecule has 11 heteroatoms. The number of oxazole rings is 1. The van der Waals surface area contributed by atoms with Gasteiger partial charge >= 0.3 is 6.01 Å². The molecular weight excluding hydrogens is 450 g/mol. The molecule has 4 heterocycles. The first-order valence-electron chi connectivity index (χ1n) is 11.6. The predicted octanol–water partition coefficient (Wildman–Crippen LogP) is 3.43. The number of fused-ring (bicyclic) bond motifs is 1. The van der Waals surface area contributed by atoms with Gasteiger partial charge in [-0.15, -0.1) is 0 Å². The smallest absolute Gasteiger partial charge is 0.308 e. The molecule has 0 amide bonds. The lowest BCUT2D eigenvalue weighted by Gasteiger charge is -2.27. The van der Waals surface area contributed by atoms with Crippen molar-refractivity contribution in [2.75, 3.05) is 24.8 Å². The summed E-state index contributed by atoms with van der Waals surface area (Å²) in [4.78, 5) is 34.9. The van der Waals surface area contributed by atoms with Crippen LogP contribution in [0.2, 0.25) is 0 Å². The van der Waals surface area contributed by atoms with E-state index in [1.165, 1.54) is 17.0 Å². The zero-order chi connectivity index (χ0) is 24.4. The van der Waals surface area contributed by atoms with Crippen LogP contribution in [-0.4, -0.2) is 50.2 Å². The van der Waals surface area contributed by atoms with E-state index in [1.807, 2.05) is 0 Å². The number of ketones is 1. The summed E-state index contributed by atoms with van der Waals surface area (Å²) >= 11 is 0. The number of carbonyl (C=O) groups excluding carboxylic acids is 1. The van der Waals surface area contributed by atoms with Crippen molar-refractivity contribution < 1.29 is 13.9 Å². The highest BCUT2D eigenvalue weighted by molar-refractivity contribution is 6.01. The van der Waals surface area contributed by atoms with Gasteiger partial charge in [-0.1, -0.05) is 6.42 Å². The molecule has 1 aliphatic carbocycles. The van der Waals surface area contributed by atoms with Gasteiger partial charge in [0.25, 0.3) is 5.56 Å². The molecule has 0 radical (unpaired) electrons. The van der Waals surface area contributed by atoms with Crippen molar-refractivity contribution in [1.82, 2.24) is 24.1 Å². The molecule has 1 unspecified atom stereocenters. The van der Waals surface area contributed by atoms with Crippen molar-refractivity contribution in [3.8, 4) is 6.01 Å². The first-order valence-corrected chi connectivity index (χ1v) is 11.6. The van der Waals surface area contributed by atoms with Gasteiger partial charge in [-0.25, -0.2) is 14.5 Å². The second kappa shape index (κ2) is 9.71. The van der Waals surface area contributed by atoms with E-state index in [4.69, 9.17) is 9.15 Å². The van der Waals surface area contributed by atoms with E-state index in [0.29, 0.717) is 29.3 Å². The molecule has 11 nitrogen and oxygen atoms in total. The fourth-order valence-electron chi connectivity index (χ4n) is 4.63. The molecule has 4 aromatic heterocycles. The molecule has 182 valence electrons. The third-order valence-corrected chi connectivity index (χ3v) is 6.41. The minimum Gasteiger partial charge on any atom is -0.432 e. The fraction of sp³-hybridized carbons (Fsp3) is 0.375. The number of nitrogens with zero attached hydrogens (tertiary/aromatic N) is 5. The lowest BCUT2D eigenvalue weighted by atomic mass is 9.83. The van der Waals surface area contributed by atoms with Crippen molar-refractivity contribution in [3.63, 3.8) is 0 Å². The fourth-order valence-corrected chi connectivity index (χ4v) is 4.63. The largest absolute Gasteiger partial charge is 0.432 e. The standard InChI is InChI=1S/C24H27N7O4/c1-25-21-13-20(28-18-7-4-9-30(23(18)33)24-26-8-10-35-24)29-22-17(14-27-31(21)22)19(32)12-15-5-3-6-16(11-15)34-2/h4,7-10,13-16,25H,3,5-6,11-12H2,1-2H3,(H,28,29)/t15?,16-/m1/s1. The number of hydrogen-bond acceptors (Lipinski definition) is 9. The molecule has 0 aliphatic heterocycles. The molecule has 1 aliphatic rings. The lowest BCUT2D eigenvalue weighted by Crippen LogP contribution is -2.23. The number of aromatic nitrogens is 5. The zero-order valence-corrected chi connectivity index (χ0v) is 19.6. The summed E-state index contributed by atoms with van der Waals surface area (Å²) in [6, 6.07) is 5.24. The molecule has 35 heavy (non-hydrogen) atoms. The van der Waals surface area contributed by atoms with Crippen molar-refractivity contribution in [3.05, 3.63) is 59.0 Å². The molecule has 0 aromatic carbocycles. The van der Waals surface area contributed by atoms with Crippen molar-refractivity contribution in [1.29, 1.82) is 0 Å². The number of Topliss-reactive ketones (excluding diaryl/α,β-unsaturated/α-hetero) is 1. The number of carbonyl (C=O) groups is 1. The van der Waals surface area contributed by atoms with Gasteiger partial charge in [-0.3, -0.25) is 9.59 Å². The second-order valence-corrected chi connectivity index (χ2v) is 8.62. The molecule has 4 aromatic rings. The van der Waals surface area contributed by atoms with Gasteiger partial charge < -0.3 is 19.8 Å². The summed E-state index contributed by atoms with van der Waals surface area (Å²) < 4.78 is 13.7. The topological polar surface area (TPSA) is 129 Å². The van der Waals surface area contributed by atoms with Crippen LogP contribution in [0.1, 0.15) is 42.5 Å². The van der Waals surface area contributed by atoms with Crippen LogP contribution >= 0.6 is 0 Å². The lowest BCUT2D eigenvalue weighted by molar-refractivity contribution is 0.0478. The van der Waals surface area contributed by atoms with E-state index in [0.717, 1.165) is 25.7 Å². The highest BCUT2D eigenvalue weighted by Gasteiger charge is 2.26. The number of nitrogens with one attached hydrogen (secondary N) is 2. The Morgan fingerprint density at radius 2 is 2.23 bits per heavy atom. The molecule has 1 fully saturated rings. The SMILES string of the molecule is CNc1cc(Nc2cccn(-c3ncco3)c2=O)nc2c(C(=O)CC3CCC[C@@H](OC)C3)cnn12.